The molecule has 3 aromatic rings. The van der Waals surface area contributed by atoms with Crippen molar-refractivity contribution in [3.05, 3.63) is 59.0 Å². The molecule has 4 nitrogen and oxygen atoms in total. The van der Waals surface area contributed by atoms with Crippen LogP contribution in [0.3, 0.4) is 0 Å². The molecule has 27 heavy (non-hydrogen) atoms. The molecule has 0 N–H and O–H groups in total. The summed E-state index contributed by atoms with van der Waals surface area (Å²) in [5.41, 5.74) is 5.16. The third kappa shape index (κ3) is 3.41. The minimum atomic E-state index is 0.114. The Balaban J connectivity index is 1.70. The topological polar surface area (TPSA) is 38.4 Å². The van der Waals surface area contributed by atoms with Crippen LogP contribution in [0.15, 0.2) is 40.8 Å². The molecule has 4 rings (SSSR count). The maximum absolute atomic E-state index is 13.1. The largest absolute Gasteiger partial charge is 0.460 e. The molecular formula is C23H28N2O2. The van der Waals surface area contributed by atoms with E-state index in [4.69, 9.17) is 4.42 Å². The molecule has 0 spiro atoms. The lowest BCUT2D eigenvalue weighted by atomic mass is 9.87. The van der Waals surface area contributed by atoms with Crippen molar-refractivity contribution in [3.63, 3.8) is 0 Å². The number of hydrogen-bond donors (Lipinski definition) is 0. The summed E-state index contributed by atoms with van der Waals surface area (Å²) in [6, 6.07) is 12.7. The van der Waals surface area contributed by atoms with Crippen molar-refractivity contribution in [2.75, 3.05) is 13.1 Å². The monoisotopic (exact) mass is 364 g/mol. The van der Waals surface area contributed by atoms with Gasteiger partial charge in [0.2, 0.25) is 0 Å². The minimum absolute atomic E-state index is 0.114. The highest BCUT2D eigenvalue weighted by molar-refractivity contribution is 5.97. The molecule has 4 heteroatoms. The van der Waals surface area contributed by atoms with Crippen molar-refractivity contribution < 1.29 is 9.21 Å². The quantitative estimate of drug-likeness (QED) is 0.646. The van der Waals surface area contributed by atoms with E-state index in [0.29, 0.717) is 6.54 Å². The van der Waals surface area contributed by atoms with E-state index in [-0.39, 0.29) is 11.3 Å². The summed E-state index contributed by atoms with van der Waals surface area (Å²) in [5.74, 6) is 0.986. The smallest absolute Gasteiger partial charge is 0.270 e. The van der Waals surface area contributed by atoms with Gasteiger partial charge in [-0.2, -0.15) is 0 Å². The van der Waals surface area contributed by atoms with Crippen LogP contribution >= 0.6 is 0 Å². The van der Waals surface area contributed by atoms with E-state index in [1.54, 1.807) is 0 Å². The molecule has 0 saturated carbocycles. The summed E-state index contributed by atoms with van der Waals surface area (Å²) >= 11 is 0. The van der Waals surface area contributed by atoms with Crippen LogP contribution in [0.25, 0.3) is 11.1 Å². The third-order valence-electron chi connectivity index (χ3n) is 5.49. The van der Waals surface area contributed by atoms with Gasteiger partial charge in [-0.15, -0.1) is 0 Å². The maximum Gasteiger partial charge on any atom is 0.270 e. The predicted molar refractivity (Wildman–Crippen MR) is 108 cm³/mol. The summed E-state index contributed by atoms with van der Waals surface area (Å²) in [6.45, 7) is 11.0. The van der Waals surface area contributed by atoms with Crippen LogP contribution in [-0.2, 0) is 12.0 Å². The minimum Gasteiger partial charge on any atom is -0.460 e. The van der Waals surface area contributed by atoms with E-state index in [9.17, 15) is 4.79 Å². The van der Waals surface area contributed by atoms with Gasteiger partial charge in [0.25, 0.3) is 5.91 Å². The van der Waals surface area contributed by atoms with Gasteiger partial charge in [0.15, 0.2) is 5.58 Å². The second-order valence-electron chi connectivity index (χ2n) is 8.67. The second kappa shape index (κ2) is 6.59. The zero-order valence-electron chi connectivity index (χ0n) is 16.7. The zero-order valence-corrected chi connectivity index (χ0v) is 16.7. The fraction of sp³-hybridized carbons (Fsp3) is 0.435. The molecule has 1 aliphatic rings. The van der Waals surface area contributed by atoms with Crippen LogP contribution < -0.4 is 0 Å². The fourth-order valence-corrected chi connectivity index (χ4v) is 3.89. The van der Waals surface area contributed by atoms with Gasteiger partial charge < -0.3 is 13.9 Å². The van der Waals surface area contributed by atoms with Crippen molar-refractivity contribution in [1.82, 2.24) is 9.47 Å². The van der Waals surface area contributed by atoms with E-state index in [1.165, 1.54) is 11.1 Å². The van der Waals surface area contributed by atoms with Gasteiger partial charge in [-0.3, -0.25) is 4.79 Å². The van der Waals surface area contributed by atoms with Gasteiger partial charge in [0.05, 0.1) is 5.52 Å². The summed E-state index contributed by atoms with van der Waals surface area (Å²) < 4.78 is 7.92. The van der Waals surface area contributed by atoms with E-state index in [1.807, 2.05) is 24.0 Å². The van der Waals surface area contributed by atoms with Crippen LogP contribution in [0.2, 0.25) is 0 Å². The molecule has 1 fully saturated rings. The van der Waals surface area contributed by atoms with E-state index in [2.05, 4.69) is 49.6 Å². The first-order valence-corrected chi connectivity index (χ1v) is 9.81. The highest BCUT2D eigenvalue weighted by Crippen LogP contribution is 2.27. The highest BCUT2D eigenvalue weighted by Gasteiger charge is 2.25. The average Bonchev–Trinajstić information content (AvgIpc) is 3.32. The van der Waals surface area contributed by atoms with E-state index in [0.717, 1.165) is 48.5 Å². The van der Waals surface area contributed by atoms with Crippen LogP contribution in [0.1, 0.15) is 61.0 Å². The number of likely N-dealkylation sites (tertiary alicyclic amines) is 1. The standard InChI is InChI=1S/C23H28N2O2/c1-16-13-19-21(27-16)14-20(22(26)24-11-5-6-12-24)25(19)15-17-7-9-18(10-8-17)23(2,3)4/h7-10,13-14H,5-6,11-12,15H2,1-4H3. The van der Waals surface area contributed by atoms with Crippen LogP contribution in [0.4, 0.5) is 0 Å². The number of amides is 1. The van der Waals surface area contributed by atoms with Crippen molar-refractivity contribution in [2.24, 2.45) is 0 Å². The van der Waals surface area contributed by atoms with Gasteiger partial charge in [0.1, 0.15) is 11.5 Å². The Kier molecular flexibility index (Phi) is 4.37. The maximum atomic E-state index is 13.1. The van der Waals surface area contributed by atoms with Gasteiger partial charge >= 0.3 is 0 Å². The lowest BCUT2D eigenvalue weighted by Gasteiger charge is -2.20. The molecule has 1 aromatic carbocycles. The fourth-order valence-electron chi connectivity index (χ4n) is 3.89. The Morgan fingerprint density at radius 3 is 2.37 bits per heavy atom. The summed E-state index contributed by atoms with van der Waals surface area (Å²) in [7, 11) is 0. The van der Waals surface area contributed by atoms with E-state index >= 15 is 0 Å². The van der Waals surface area contributed by atoms with Crippen LogP contribution in [-0.4, -0.2) is 28.5 Å². The molecule has 0 bridgehead atoms. The number of benzene rings is 1. The average molecular weight is 364 g/mol. The molecule has 142 valence electrons. The predicted octanol–water partition coefficient (Wildman–Crippen LogP) is 5.12. The summed E-state index contributed by atoms with van der Waals surface area (Å²) in [4.78, 5) is 15.0. The number of aryl methyl sites for hydroxylation is 1. The van der Waals surface area contributed by atoms with Gasteiger partial charge in [-0.1, -0.05) is 45.0 Å². The summed E-state index contributed by atoms with van der Waals surface area (Å²) in [6.07, 6.45) is 2.19. The second-order valence-corrected chi connectivity index (χ2v) is 8.67. The molecule has 1 saturated heterocycles. The van der Waals surface area contributed by atoms with Gasteiger partial charge in [0, 0.05) is 31.8 Å². The SMILES string of the molecule is Cc1cc2c(cc(C(=O)N3CCCC3)n2Cc2ccc(C(C)(C)C)cc2)o1. The van der Waals surface area contributed by atoms with Crippen molar-refractivity contribution >= 4 is 17.0 Å². The Labute approximate surface area is 160 Å². The molecule has 3 heterocycles. The molecule has 0 unspecified atom stereocenters. The number of nitrogens with zero attached hydrogens (tertiary/aromatic N) is 2. The van der Waals surface area contributed by atoms with Crippen molar-refractivity contribution in [3.8, 4) is 0 Å². The molecule has 0 atom stereocenters. The molecular weight excluding hydrogens is 336 g/mol. The van der Waals surface area contributed by atoms with Crippen LogP contribution in [0.5, 0.6) is 0 Å². The lowest BCUT2D eigenvalue weighted by Crippen LogP contribution is -2.29. The Bertz CT molecular complexity index is 964. The molecule has 1 aliphatic heterocycles. The molecule has 0 aliphatic carbocycles. The molecule has 2 aromatic heterocycles. The highest BCUT2D eigenvalue weighted by atomic mass is 16.3. The van der Waals surface area contributed by atoms with E-state index < -0.39 is 0 Å². The van der Waals surface area contributed by atoms with Gasteiger partial charge in [-0.05, 0) is 36.3 Å². The number of hydrogen-bond acceptors (Lipinski definition) is 2. The third-order valence-corrected chi connectivity index (χ3v) is 5.49. The Morgan fingerprint density at radius 1 is 1.07 bits per heavy atom. The Hall–Kier alpha value is -2.49. The number of rotatable bonds is 3. The van der Waals surface area contributed by atoms with Gasteiger partial charge in [-0.25, -0.2) is 0 Å². The normalized spacial score (nSPS) is 15.0. The molecule has 1 amide bonds. The Morgan fingerprint density at radius 2 is 1.74 bits per heavy atom. The number of furan rings is 1. The van der Waals surface area contributed by atoms with Crippen molar-refractivity contribution in [2.45, 2.75) is 52.5 Å². The molecule has 0 radical (unpaired) electrons. The number of carbonyl (C=O) groups is 1. The van der Waals surface area contributed by atoms with Crippen LogP contribution in [0, 0.1) is 6.92 Å². The zero-order chi connectivity index (χ0) is 19.2. The first-order chi connectivity index (χ1) is 12.8. The first kappa shape index (κ1) is 17.9. The number of carbonyl (C=O) groups excluding carboxylic acids is 1. The van der Waals surface area contributed by atoms with Crippen molar-refractivity contribution in [1.29, 1.82) is 0 Å². The lowest BCUT2D eigenvalue weighted by molar-refractivity contribution is 0.0783. The summed E-state index contributed by atoms with van der Waals surface area (Å²) in [5, 5.41) is 0. The number of aromatic nitrogens is 1. The first-order valence-electron chi connectivity index (χ1n) is 9.81. The number of fused-ring (bicyclic) bond motifs is 1.